The van der Waals surface area contributed by atoms with Crippen molar-refractivity contribution in [3.8, 4) is 11.1 Å². The predicted octanol–water partition coefficient (Wildman–Crippen LogP) is 7.65. The molecule has 0 radical (unpaired) electrons. The minimum absolute atomic E-state index is 0. The molecule has 250 valence electrons. The lowest BCUT2D eigenvalue weighted by Crippen LogP contribution is -2.49. The predicted molar refractivity (Wildman–Crippen MR) is 165 cm³/mol. The van der Waals surface area contributed by atoms with Crippen LogP contribution < -0.4 is 9.80 Å². The first-order valence-electron chi connectivity index (χ1n) is 14.8. The smallest absolute Gasteiger partial charge is 0.433 e. The van der Waals surface area contributed by atoms with Crippen LogP contribution in [-0.2, 0) is 6.18 Å². The number of aromatic carboxylic acids is 1. The average Bonchev–Trinajstić information content (AvgIpc) is 3.64. The third-order valence-corrected chi connectivity index (χ3v) is 9.47. The minimum atomic E-state index is -4.88. The second-order valence-corrected chi connectivity index (χ2v) is 12.6. The van der Waals surface area contributed by atoms with Crippen LogP contribution in [0.25, 0.3) is 11.1 Å². The molecule has 0 bridgehead atoms. The highest BCUT2D eigenvalue weighted by Gasteiger charge is 2.63. The van der Waals surface area contributed by atoms with Crippen LogP contribution in [0.5, 0.6) is 0 Å². The summed E-state index contributed by atoms with van der Waals surface area (Å²) in [6.07, 6.45) is -6.93. The molecule has 2 aromatic carbocycles. The van der Waals surface area contributed by atoms with Gasteiger partial charge in [-0.1, -0.05) is 29.8 Å². The fraction of sp³-hybridized carbons (Fsp3) is 0.484. The Bertz CT molecular complexity index is 1550. The van der Waals surface area contributed by atoms with Crippen molar-refractivity contribution < 1.29 is 36.2 Å². The number of aromatic nitrogens is 2. The summed E-state index contributed by atoms with van der Waals surface area (Å²) in [5, 5.41) is 13.6. The van der Waals surface area contributed by atoms with Gasteiger partial charge in [-0.05, 0) is 55.5 Å². The van der Waals surface area contributed by atoms with Crippen LogP contribution in [0.4, 0.5) is 37.7 Å². The van der Waals surface area contributed by atoms with Crippen LogP contribution in [-0.4, -0.2) is 77.7 Å². The third kappa shape index (κ3) is 6.77. The summed E-state index contributed by atoms with van der Waals surface area (Å²) in [4.78, 5) is 17.5. The first-order valence-corrected chi connectivity index (χ1v) is 15.2. The van der Waals surface area contributed by atoms with Crippen molar-refractivity contribution in [2.75, 3.05) is 55.6 Å². The quantitative estimate of drug-likeness (QED) is 0.257. The second-order valence-electron chi connectivity index (χ2n) is 12.1. The van der Waals surface area contributed by atoms with Crippen LogP contribution in [0.1, 0.15) is 47.8 Å². The molecule has 3 fully saturated rings. The zero-order chi connectivity index (χ0) is 32.1. The minimum Gasteiger partial charge on any atom is -0.478 e. The number of rotatable bonds is 7. The molecule has 2 aliphatic heterocycles. The Morgan fingerprint density at radius 2 is 1.63 bits per heavy atom. The molecule has 2 saturated heterocycles. The lowest BCUT2D eigenvalue weighted by atomic mass is 9.99. The monoisotopic (exact) mass is 691 g/mol. The number of halogens is 8. The molecule has 1 aromatic heterocycles. The van der Waals surface area contributed by atoms with E-state index in [1.807, 2.05) is 40.1 Å². The number of carbonyl (C=O) groups is 1. The lowest BCUT2D eigenvalue weighted by molar-refractivity contribution is -0.192. The van der Waals surface area contributed by atoms with Crippen LogP contribution in [0.15, 0.2) is 48.7 Å². The molecule has 3 heterocycles. The molecule has 46 heavy (non-hydrogen) atoms. The molecule has 1 aliphatic carbocycles. The summed E-state index contributed by atoms with van der Waals surface area (Å²) in [7, 11) is 0. The molecule has 1 atom stereocenters. The van der Waals surface area contributed by atoms with Crippen molar-refractivity contribution in [1.82, 2.24) is 14.7 Å². The van der Waals surface area contributed by atoms with Gasteiger partial charge in [-0.25, -0.2) is 4.79 Å². The first kappa shape index (κ1) is 34.2. The van der Waals surface area contributed by atoms with Gasteiger partial charge in [0.15, 0.2) is 5.69 Å². The van der Waals surface area contributed by atoms with Crippen molar-refractivity contribution in [1.29, 1.82) is 0 Å². The molecule has 0 spiro atoms. The zero-order valence-electron chi connectivity index (χ0n) is 24.6. The Kier molecular flexibility index (Phi) is 9.51. The molecular weight excluding hydrogens is 659 g/mol. The molecular formula is C31H33Cl2F6N5O2. The number of piperazine rings is 1. The highest BCUT2D eigenvalue weighted by Crippen LogP contribution is 2.58. The normalized spacial score (nSPS) is 20.4. The Balaban J connectivity index is 0.00000417. The van der Waals surface area contributed by atoms with E-state index in [9.17, 15) is 36.2 Å². The number of nitrogens with zero attached hydrogens (tertiary/aromatic N) is 5. The van der Waals surface area contributed by atoms with Gasteiger partial charge in [0.1, 0.15) is 5.56 Å². The number of hydrogen-bond acceptors (Lipinski definition) is 5. The maximum absolute atomic E-state index is 13.9. The van der Waals surface area contributed by atoms with Gasteiger partial charge < -0.3 is 14.9 Å². The van der Waals surface area contributed by atoms with Crippen molar-refractivity contribution in [3.63, 3.8) is 0 Å². The number of alkyl halides is 6. The first-order chi connectivity index (χ1) is 21.3. The summed E-state index contributed by atoms with van der Waals surface area (Å²) < 4.78 is 82.8. The van der Waals surface area contributed by atoms with Crippen LogP contribution in [0.2, 0.25) is 5.02 Å². The van der Waals surface area contributed by atoms with Crippen LogP contribution in [0.3, 0.4) is 0 Å². The topological polar surface area (TPSA) is 64.8 Å². The van der Waals surface area contributed by atoms with Crippen LogP contribution >= 0.6 is 24.0 Å². The summed E-state index contributed by atoms with van der Waals surface area (Å²) in [5.41, 5.74) is -0.282. The van der Waals surface area contributed by atoms with E-state index in [4.69, 9.17) is 11.6 Å². The zero-order valence-corrected chi connectivity index (χ0v) is 26.2. The van der Waals surface area contributed by atoms with Crippen molar-refractivity contribution >= 4 is 41.4 Å². The van der Waals surface area contributed by atoms with Gasteiger partial charge in [-0.3, -0.25) is 9.58 Å². The van der Waals surface area contributed by atoms with Gasteiger partial charge in [-0.15, -0.1) is 12.4 Å². The van der Waals surface area contributed by atoms with Crippen molar-refractivity contribution in [2.24, 2.45) is 5.41 Å². The Morgan fingerprint density at radius 3 is 2.22 bits per heavy atom. The van der Waals surface area contributed by atoms with E-state index in [1.165, 1.54) is 0 Å². The number of hydrogen-bond donors (Lipinski definition) is 1. The van der Waals surface area contributed by atoms with E-state index >= 15 is 0 Å². The summed E-state index contributed by atoms with van der Waals surface area (Å²) in [6.45, 7) is 3.13. The number of benzene rings is 2. The van der Waals surface area contributed by atoms with Crippen LogP contribution in [0, 0.1) is 5.41 Å². The van der Waals surface area contributed by atoms with E-state index in [-0.39, 0.29) is 38.3 Å². The molecule has 6 rings (SSSR count). The highest BCUT2D eigenvalue weighted by atomic mass is 35.5. The van der Waals surface area contributed by atoms with E-state index in [2.05, 4.69) is 10.00 Å². The Labute approximate surface area is 273 Å². The van der Waals surface area contributed by atoms with Gasteiger partial charge in [-0.2, -0.15) is 31.4 Å². The molecule has 1 unspecified atom stereocenters. The van der Waals surface area contributed by atoms with Crippen molar-refractivity contribution in [2.45, 2.75) is 44.1 Å². The van der Waals surface area contributed by atoms with Gasteiger partial charge in [0, 0.05) is 67.8 Å². The average molecular weight is 693 g/mol. The SMILES string of the molecule is Cl.O=C(O)c1cnn(C2CCCN(c3cc(Cl)ccc3-c3ccc(N4CCN(CC5(C(F)(F)F)CC5)CC4)cc3)C2)c1C(F)(F)F. The van der Waals surface area contributed by atoms with E-state index < -0.39 is 41.0 Å². The molecule has 7 nitrogen and oxygen atoms in total. The van der Waals surface area contributed by atoms with E-state index in [0.717, 1.165) is 33.4 Å². The number of carboxylic acids is 1. The Morgan fingerprint density at radius 1 is 0.957 bits per heavy atom. The highest BCUT2D eigenvalue weighted by molar-refractivity contribution is 6.31. The fourth-order valence-corrected chi connectivity index (χ4v) is 6.75. The largest absolute Gasteiger partial charge is 0.478 e. The second kappa shape index (κ2) is 12.8. The summed E-state index contributed by atoms with van der Waals surface area (Å²) >= 11 is 6.38. The van der Waals surface area contributed by atoms with Gasteiger partial charge in [0.25, 0.3) is 0 Å². The van der Waals surface area contributed by atoms with Crippen molar-refractivity contribution in [3.05, 3.63) is 64.9 Å². The molecule has 0 amide bonds. The number of piperidine rings is 1. The third-order valence-electron chi connectivity index (χ3n) is 9.23. The van der Waals surface area contributed by atoms with E-state index in [1.54, 1.807) is 12.1 Å². The summed E-state index contributed by atoms with van der Waals surface area (Å²) in [6, 6.07) is 12.5. The molecule has 1 saturated carbocycles. The number of anilines is 2. The summed E-state index contributed by atoms with van der Waals surface area (Å²) in [5.74, 6) is -1.68. The molecule has 1 N–H and O–H groups in total. The molecule has 3 aliphatic rings. The lowest BCUT2D eigenvalue weighted by Gasteiger charge is -2.38. The maximum Gasteiger partial charge on any atom is 0.433 e. The standard InChI is InChI=1S/C31H32ClF6N5O2.ClH/c32-21-5-8-24(20-3-6-22(7-4-20)41-14-12-40(13-15-41)19-29(9-10-29)31(36,37)38)26(16-21)42-11-1-2-23(18-42)43-27(30(33,34)35)25(17-39-43)28(44)45;/h3-8,16-17,23H,1-2,9-15,18-19H2,(H,44,45);1H. The molecule has 15 heteroatoms. The fourth-order valence-electron chi connectivity index (χ4n) is 6.59. The molecule has 3 aromatic rings. The van der Waals surface area contributed by atoms with Gasteiger partial charge >= 0.3 is 18.3 Å². The van der Waals surface area contributed by atoms with Gasteiger partial charge in [0.05, 0.1) is 17.7 Å². The maximum atomic E-state index is 13.9. The number of carboxylic acid groups (broad SMARTS) is 1. The van der Waals surface area contributed by atoms with Gasteiger partial charge in [0.2, 0.25) is 0 Å². The van der Waals surface area contributed by atoms with E-state index in [0.29, 0.717) is 50.6 Å². The Hall–Kier alpha value is -3.16.